The molecule has 1 aromatic carbocycles. The van der Waals surface area contributed by atoms with Gasteiger partial charge < -0.3 is 5.11 Å². The summed E-state index contributed by atoms with van der Waals surface area (Å²) in [4.78, 5) is 19.9. The van der Waals surface area contributed by atoms with Crippen molar-refractivity contribution in [2.75, 3.05) is 0 Å². The third-order valence-electron chi connectivity index (χ3n) is 2.69. The number of rotatable bonds is 3. The third kappa shape index (κ3) is 2.22. The Balaban J connectivity index is 2.73. The highest BCUT2D eigenvalue weighted by Crippen LogP contribution is 2.24. The number of nitrogens with zero attached hydrogens (tertiary/aromatic N) is 2. The second-order valence-electron chi connectivity index (χ2n) is 3.97. The Morgan fingerprint density at radius 1 is 1.22 bits per heavy atom. The minimum Gasteiger partial charge on any atom is -0.478 e. The molecule has 0 bridgehead atoms. The second-order valence-corrected chi connectivity index (χ2v) is 3.97. The van der Waals surface area contributed by atoms with E-state index in [0.717, 1.165) is 5.56 Å². The van der Waals surface area contributed by atoms with E-state index in [-0.39, 0.29) is 5.56 Å². The number of carbonyl (C=O) groups is 1. The molecule has 1 heterocycles. The Morgan fingerprint density at radius 3 is 2.44 bits per heavy atom. The summed E-state index contributed by atoms with van der Waals surface area (Å²) in [5.41, 5.74) is 2.07. The van der Waals surface area contributed by atoms with E-state index in [1.807, 2.05) is 37.3 Å². The molecule has 1 aromatic heterocycles. The molecule has 0 atom stereocenters. The standard InChI is InChI=1S/C14H14N2O2/c1-3-11-12(14(17)18)13(16-9(2)15-11)10-7-5-4-6-8-10/h4-8H,3H2,1-2H3,(H,17,18). The molecule has 0 saturated carbocycles. The number of carboxylic acids is 1. The van der Waals surface area contributed by atoms with Crippen LogP contribution in [0.4, 0.5) is 0 Å². The zero-order valence-electron chi connectivity index (χ0n) is 10.3. The number of carboxylic acid groups (broad SMARTS) is 1. The van der Waals surface area contributed by atoms with Crippen LogP contribution in [0.5, 0.6) is 0 Å². The van der Waals surface area contributed by atoms with Gasteiger partial charge in [-0.2, -0.15) is 0 Å². The molecule has 0 aliphatic carbocycles. The van der Waals surface area contributed by atoms with E-state index in [1.165, 1.54) is 0 Å². The van der Waals surface area contributed by atoms with Crippen molar-refractivity contribution in [3.8, 4) is 11.3 Å². The Morgan fingerprint density at radius 2 is 1.89 bits per heavy atom. The van der Waals surface area contributed by atoms with E-state index in [0.29, 0.717) is 23.6 Å². The molecule has 4 nitrogen and oxygen atoms in total. The summed E-state index contributed by atoms with van der Waals surface area (Å²) in [5.74, 6) is -0.388. The average molecular weight is 242 g/mol. The predicted molar refractivity (Wildman–Crippen MR) is 68.5 cm³/mol. The second kappa shape index (κ2) is 4.96. The lowest BCUT2D eigenvalue weighted by Gasteiger charge is -2.10. The highest BCUT2D eigenvalue weighted by molar-refractivity contribution is 5.95. The molecule has 2 rings (SSSR count). The van der Waals surface area contributed by atoms with Gasteiger partial charge in [0, 0.05) is 5.56 Å². The summed E-state index contributed by atoms with van der Waals surface area (Å²) in [6, 6.07) is 9.33. The maximum absolute atomic E-state index is 11.4. The first-order chi connectivity index (χ1) is 8.63. The quantitative estimate of drug-likeness (QED) is 0.898. The van der Waals surface area contributed by atoms with Gasteiger partial charge in [-0.15, -0.1) is 0 Å². The zero-order valence-corrected chi connectivity index (χ0v) is 10.3. The maximum Gasteiger partial charge on any atom is 0.339 e. The smallest absolute Gasteiger partial charge is 0.339 e. The molecule has 0 aliphatic heterocycles. The largest absolute Gasteiger partial charge is 0.478 e. The van der Waals surface area contributed by atoms with E-state index < -0.39 is 5.97 Å². The molecule has 0 fully saturated rings. The number of aromatic nitrogens is 2. The lowest BCUT2D eigenvalue weighted by molar-refractivity contribution is 0.0695. The van der Waals surface area contributed by atoms with Crippen LogP contribution in [0.2, 0.25) is 0 Å². The van der Waals surface area contributed by atoms with Crippen LogP contribution in [-0.4, -0.2) is 21.0 Å². The van der Waals surface area contributed by atoms with Crippen LogP contribution < -0.4 is 0 Å². The van der Waals surface area contributed by atoms with Crippen molar-refractivity contribution in [1.82, 2.24) is 9.97 Å². The Labute approximate surface area is 105 Å². The molecular weight excluding hydrogens is 228 g/mol. The van der Waals surface area contributed by atoms with Crippen LogP contribution in [-0.2, 0) is 6.42 Å². The summed E-state index contributed by atoms with van der Waals surface area (Å²) >= 11 is 0. The van der Waals surface area contributed by atoms with Crippen LogP contribution in [0.1, 0.15) is 28.8 Å². The molecule has 0 saturated heterocycles. The molecule has 0 unspecified atom stereocenters. The fourth-order valence-electron chi connectivity index (χ4n) is 1.92. The normalized spacial score (nSPS) is 10.3. The fraction of sp³-hybridized carbons (Fsp3) is 0.214. The molecule has 1 N–H and O–H groups in total. The molecule has 92 valence electrons. The van der Waals surface area contributed by atoms with Crippen LogP contribution in [0.3, 0.4) is 0 Å². The third-order valence-corrected chi connectivity index (χ3v) is 2.69. The van der Waals surface area contributed by atoms with Crippen molar-refractivity contribution in [1.29, 1.82) is 0 Å². The Bertz CT molecular complexity index is 580. The van der Waals surface area contributed by atoms with Crippen LogP contribution >= 0.6 is 0 Å². The highest BCUT2D eigenvalue weighted by atomic mass is 16.4. The average Bonchev–Trinajstić information content (AvgIpc) is 2.38. The van der Waals surface area contributed by atoms with Crippen LogP contribution in [0.15, 0.2) is 30.3 Å². The summed E-state index contributed by atoms with van der Waals surface area (Å²) < 4.78 is 0. The van der Waals surface area contributed by atoms with Crippen molar-refractivity contribution < 1.29 is 9.90 Å². The maximum atomic E-state index is 11.4. The van der Waals surface area contributed by atoms with Gasteiger partial charge in [0.1, 0.15) is 11.4 Å². The number of hydrogen-bond donors (Lipinski definition) is 1. The summed E-state index contributed by atoms with van der Waals surface area (Å²) in [6.07, 6.45) is 0.574. The Kier molecular flexibility index (Phi) is 3.37. The number of aryl methyl sites for hydroxylation is 2. The van der Waals surface area contributed by atoms with Crippen molar-refractivity contribution >= 4 is 5.97 Å². The molecule has 0 radical (unpaired) electrons. The van der Waals surface area contributed by atoms with Gasteiger partial charge in [-0.25, -0.2) is 14.8 Å². The SMILES string of the molecule is CCc1nc(C)nc(-c2ccccc2)c1C(=O)O. The van der Waals surface area contributed by atoms with Gasteiger partial charge in [0.05, 0.1) is 11.4 Å². The van der Waals surface area contributed by atoms with Gasteiger partial charge >= 0.3 is 5.97 Å². The Hall–Kier alpha value is -2.23. The van der Waals surface area contributed by atoms with Gasteiger partial charge in [0.2, 0.25) is 0 Å². The van der Waals surface area contributed by atoms with E-state index in [2.05, 4.69) is 9.97 Å². The molecular formula is C14H14N2O2. The van der Waals surface area contributed by atoms with E-state index in [1.54, 1.807) is 6.92 Å². The lowest BCUT2D eigenvalue weighted by atomic mass is 10.0. The van der Waals surface area contributed by atoms with Crippen molar-refractivity contribution in [3.63, 3.8) is 0 Å². The number of hydrogen-bond acceptors (Lipinski definition) is 3. The van der Waals surface area contributed by atoms with E-state index in [9.17, 15) is 9.90 Å². The minimum atomic E-state index is -0.981. The molecule has 18 heavy (non-hydrogen) atoms. The van der Waals surface area contributed by atoms with Crippen molar-refractivity contribution in [2.24, 2.45) is 0 Å². The summed E-state index contributed by atoms with van der Waals surface area (Å²) in [6.45, 7) is 3.67. The predicted octanol–water partition coefficient (Wildman–Crippen LogP) is 2.71. The van der Waals surface area contributed by atoms with E-state index in [4.69, 9.17) is 0 Å². The number of aromatic carboxylic acids is 1. The molecule has 0 spiro atoms. The summed E-state index contributed by atoms with van der Waals surface area (Å²) in [7, 11) is 0. The minimum absolute atomic E-state index is 0.203. The molecule has 0 amide bonds. The topological polar surface area (TPSA) is 63.1 Å². The van der Waals surface area contributed by atoms with Crippen molar-refractivity contribution in [2.45, 2.75) is 20.3 Å². The first kappa shape index (κ1) is 12.2. The lowest BCUT2D eigenvalue weighted by Crippen LogP contribution is -2.10. The highest BCUT2D eigenvalue weighted by Gasteiger charge is 2.19. The summed E-state index contributed by atoms with van der Waals surface area (Å²) in [5, 5.41) is 9.35. The number of benzene rings is 1. The monoisotopic (exact) mass is 242 g/mol. The molecule has 4 heteroatoms. The molecule has 2 aromatic rings. The van der Waals surface area contributed by atoms with Crippen LogP contribution in [0, 0.1) is 6.92 Å². The zero-order chi connectivity index (χ0) is 13.1. The molecule has 0 aliphatic rings. The van der Waals surface area contributed by atoms with Gasteiger partial charge in [0.15, 0.2) is 0 Å². The first-order valence-corrected chi connectivity index (χ1v) is 5.79. The van der Waals surface area contributed by atoms with Gasteiger partial charge in [-0.1, -0.05) is 37.3 Å². The van der Waals surface area contributed by atoms with Gasteiger partial charge in [-0.05, 0) is 13.3 Å². The van der Waals surface area contributed by atoms with Crippen LogP contribution in [0.25, 0.3) is 11.3 Å². The van der Waals surface area contributed by atoms with E-state index >= 15 is 0 Å². The van der Waals surface area contributed by atoms with Gasteiger partial charge in [-0.3, -0.25) is 0 Å². The first-order valence-electron chi connectivity index (χ1n) is 5.79. The fourth-order valence-corrected chi connectivity index (χ4v) is 1.92. The van der Waals surface area contributed by atoms with Crippen molar-refractivity contribution in [3.05, 3.63) is 47.4 Å². The van der Waals surface area contributed by atoms with Gasteiger partial charge in [0.25, 0.3) is 0 Å².